The van der Waals surface area contributed by atoms with E-state index >= 15 is 0 Å². The van der Waals surface area contributed by atoms with Crippen LogP contribution in [0.4, 0.5) is 0 Å². The summed E-state index contributed by atoms with van der Waals surface area (Å²) in [6.45, 7) is 5.06. The lowest BCUT2D eigenvalue weighted by molar-refractivity contribution is -0.146. The monoisotopic (exact) mass is 436 g/mol. The van der Waals surface area contributed by atoms with E-state index < -0.39 is 5.60 Å². The van der Waals surface area contributed by atoms with Crippen LogP contribution in [0, 0.1) is 46.3 Å². The van der Waals surface area contributed by atoms with Crippen LogP contribution in [0.25, 0.3) is 0 Å². The van der Waals surface area contributed by atoms with E-state index in [1.165, 1.54) is 38.5 Å². The van der Waals surface area contributed by atoms with E-state index in [-0.39, 0.29) is 0 Å². The summed E-state index contributed by atoms with van der Waals surface area (Å²) in [4.78, 5) is 0. The third-order valence-electron chi connectivity index (χ3n) is 10.5. The summed E-state index contributed by atoms with van der Waals surface area (Å²) in [6.07, 6.45) is 11.0. The maximum atomic E-state index is 11.4. The van der Waals surface area contributed by atoms with Gasteiger partial charge in [-0.3, -0.25) is 0 Å². The zero-order valence-corrected chi connectivity index (χ0v) is 20.3. The number of benzene rings is 1. The highest BCUT2D eigenvalue weighted by atomic mass is 16.5. The second-order valence-electron chi connectivity index (χ2n) is 11.7. The smallest absolute Gasteiger partial charge is 0.126 e. The van der Waals surface area contributed by atoms with Crippen LogP contribution < -0.4 is 4.74 Å². The fourth-order valence-corrected chi connectivity index (χ4v) is 8.56. The minimum Gasteiger partial charge on any atom is -0.497 e. The van der Waals surface area contributed by atoms with Crippen LogP contribution in [0.1, 0.15) is 77.2 Å². The van der Waals surface area contributed by atoms with Gasteiger partial charge in [0.05, 0.1) is 13.2 Å². The fourth-order valence-electron chi connectivity index (χ4n) is 8.56. The predicted octanol–water partition coefficient (Wildman–Crippen LogP) is 5.84. The average Bonchev–Trinajstić information content (AvgIpc) is 3.15. The normalized spacial score (nSPS) is 45.1. The molecular formula is C29H40O3. The first-order valence-electron chi connectivity index (χ1n) is 12.7. The highest BCUT2D eigenvalue weighted by Gasteiger charge is 2.61. The van der Waals surface area contributed by atoms with Crippen molar-refractivity contribution in [1.29, 1.82) is 0 Å². The molecule has 0 spiro atoms. The minimum atomic E-state index is -0.853. The van der Waals surface area contributed by atoms with Gasteiger partial charge in [-0.25, -0.2) is 0 Å². The zero-order valence-electron chi connectivity index (χ0n) is 20.3. The van der Waals surface area contributed by atoms with E-state index in [0.29, 0.717) is 22.9 Å². The molecule has 3 heteroatoms. The molecule has 1 N–H and O–H groups in total. The molecule has 4 fully saturated rings. The van der Waals surface area contributed by atoms with Gasteiger partial charge in [-0.15, -0.1) is 0 Å². The second kappa shape index (κ2) is 8.07. The Bertz CT molecular complexity index is 897. The lowest BCUT2D eigenvalue weighted by Crippen LogP contribution is -2.56. The van der Waals surface area contributed by atoms with Crippen LogP contribution in [0.3, 0.4) is 0 Å². The maximum Gasteiger partial charge on any atom is 0.126 e. The van der Waals surface area contributed by atoms with Crippen molar-refractivity contribution >= 4 is 0 Å². The van der Waals surface area contributed by atoms with Gasteiger partial charge in [-0.05, 0) is 117 Å². The van der Waals surface area contributed by atoms with Gasteiger partial charge in [0, 0.05) is 12.7 Å². The van der Waals surface area contributed by atoms with Crippen LogP contribution in [-0.4, -0.2) is 31.0 Å². The third kappa shape index (κ3) is 3.50. The first-order chi connectivity index (χ1) is 15.3. The summed E-state index contributed by atoms with van der Waals surface area (Å²) in [5, 5.41) is 11.4. The average molecular weight is 437 g/mol. The van der Waals surface area contributed by atoms with Crippen molar-refractivity contribution in [1.82, 2.24) is 0 Å². The van der Waals surface area contributed by atoms with Crippen molar-refractivity contribution in [3.05, 3.63) is 29.8 Å². The van der Waals surface area contributed by atoms with Gasteiger partial charge in [-0.2, -0.15) is 0 Å². The molecule has 8 atom stereocenters. The molecule has 4 unspecified atom stereocenters. The molecule has 0 aromatic heterocycles. The van der Waals surface area contributed by atoms with E-state index in [9.17, 15) is 5.11 Å². The van der Waals surface area contributed by atoms with Gasteiger partial charge in [0.2, 0.25) is 0 Å². The Kier molecular flexibility index (Phi) is 5.62. The third-order valence-corrected chi connectivity index (χ3v) is 10.5. The number of methoxy groups -OCH3 is 2. The van der Waals surface area contributed by atoms with Crippen molar-refractivity contribution in [2.24, 2.45) is 34.5 Å². The van der Waals surface area contributed by atoms with Crippen LogP contribution in [0.5, 0.6) is 5.75 Å². The Hall–Kier alpha value is -1.50. The maximum absolute atomic E-state index is 11.4. The highest BCUT2D eigenvalue weighted by Crippen LogP contribution is 2.67. The topological polar surface area (TPSA) is 38.7 Å². The summed E-state index contributed by atoms with van der Waals surface area (Å²) in [6, 6.07) is 7.81. The first kappa shape index (κ1) is 22.3. The van der Waals surface area contributed by atoms with Crippen LogP contribution >= 0.6 is 0 Å². The molecule has 32 heavy (non-hydrogen) atoms. The fraction of sp³-hybridized carbons (Fsp3) is 0.724. The zero-order chi connectivity index (χ0) is 22.6. The van der Waals surface area contributed by atoms with E-state index in [4.69, 9.17) is 9.47 Å². The highest BCUT2D eigenvalue weighted by molar-refractivity contribution is 5.40. The van der Waals surface area contributed by atoms with Gasteiger partial charge < -0.3 is 14.6 Å². The van der Waals surface area contributed by atoms with E-state index in [0.717, 1.165) is 48.3 Å². The second-order valence-corrected chi connectivity index (χ2v) is 11.7. The summed E-state index contributed by atoms with van der Waals surface area (Å²) in [7, 11) is 3.59. The van der Waals surface area contributed by atoms with Crippen molar-refractivity contribution in [2.45, 2.75) is 83.3 Å². The molecule has 0 aliphatic heterocycles. The lowest BCUT2D eigenvalue weighted by atomic mass is 9.44. The number of rotatable bonds is 2. The van der Waals surface area contributed by atoms with Crippen molar-refractivity contribution < 1.29 is 14.6 Å². The molecule has 4 aliphatic rings. The Morgan fingerprint density at radius 3 is 2.34 bits per heavy atom. The summed E-state index contributed by atoms with van der Waals surface area (Å²) >= 11 is 0. The summed E-state index contributed by atoms with van der Waals surface area (Å²) in [5.41, 5.74) is 0.813. The van der Waals surface area contributed by atoms with Crippen LogP contribution in [0.15, 0.2) is 24.3 Å². The molecule has 0 radical (unpaired) electrons. The SMILES string of the molecule is COc1ccc(C#C[C@@]2(O)CC[C@@]3(C)C(CCC4C3CC[C@@]3(C)C4CC[C@@H]3OC)C2)cc1. The molecule has 3 nitrogen and oxygen atoms in total. The van der Waals surface area contributed by atoms with Gasteiger partial charge in [0.15, 0.2) is 0 Å². The van der Waals surface area contributed by atoms with E-state index in [1.54, 1.807) is 7.11 Å². The molecule has 1 aromatic carbocycles. The lowest BCUT2D eigenvalue weighted by Gasteiger charge is -2.61. The Morgan fingerprint density at radius 1 is 0.875 bits per heavy atom. The molecule has 0 saturated heterocycles. The predicted molar refractivity (Wildman–Crippen MR) is 127 cm³/mol. The molecular weight excluding hydrogens is 396 g/mol. The molecule has 4 saturated carbocycles. The van der Waals surface area contributed by atoms with Gasteiger partial charge in [0.25, 0.3) is 0 Å². The van der Waals surface area contributed by atoms with E-state index in [2.05, 4.69) is 25.7 Å². The van der Waals surface area contributed by atoms with Gasteiger partial charge >= 0.3 is 0 Å². The Morgan fingerprint density at radius 2 is 1.62 bits per heavy atom. The number of hydrogen-bond donors (Lipinski definition) is 1. The van der Waals surface area contributed by atoms with Crippen LogP contribution in [0.2, 0.25) is 0 Å². The Balaban J connectivity index is 1.32. The number of aliphatic hydroxyl groups is 1. The standard InChI is InChI=1S/C29H40O3/c1-27-17-18-29(30,16-13-20-5-8-22(31-3)9-6-20)19-21(27)7-10-23-24-11-12-26(32-4)28(24,2)15-14-25(23)27/h5-6,8-9,21,23-26,30H,7,10-12,14-15,17-19H2,1-4H3/t21?,23?,24?,25?,26-,27-,28-,29+/m0/s1. The van der Waals surface area contributed by atoms with Crippen molar-refractivity contribution in [3.63, 3.8) is 0 Å². The number of ether oxygens (including phenoxy) is 2. The van der Waals surface area contributed by atoms with Crippen molar-refractivity contribution in [2.75, 3.05) is 14.2 Å². The molecule has 0 bridgehead atoms. The van der Waals surface area contributed by atoms with Crippen molar-refractivity contribution in [3.8, 4) is 17.6 Å². The molecule has 5 rings (SSSR count). The van der Waals surface area contributed by atoms with Crippen LogP contribution in [-0.2, 0) is 4.74 Å². The number of hydrogen-bond acceptors (Lipinski definition) is 3. The first-order valence-corrected chi connectivity index (χ1v) is 12.7. The quantitative estimate of drug-likeness (QED) is 0.592. The molecule has 4 aliphatic carbocycles. The Labute approximate surface area is 194 Å². The molecule has 0 heterocycles. The summed E-state index contributed by atoms with van der Waals surface area (Å²) < 4.78 is 11.2. The molecule has 174 valence electrons. The van der Waals surface area contributed by atoms with Gasteiger partial charge in [-0.1, -0.05) is 25.7 Å². The molecule has 1 aromatic rings. The number of fused-ring (bicyclic) bond motifs is 5. The largest absolute Gasteiger partial charge is 0.497 e. The summed E-state index contributed by atoms with van der Waals surface area (Å²) in [5.74, 6) is 10.4. The minimum absolute atomic E-state index is 0.351. The van der Waals surface area contributed by atoms with E-state index in [1.807, 2.05) is 31.4 Å². The molecule has 0 amide bonds. The van der Waals surface area contributed by atoms with Gasteiger partial charge in [0.1, 0.15) is 11.4 Å².